The van der Waals surface area contributed by atoms with Gasteiger partial charge in [-0.15, -0.1) is 0 Å². The summed E-state index contributed by atoms with van der Waals surface area (Å²) in [5.74, 6) is 1.61. The van der Waals surface area contributed by atoms with Crippen molar-refractivity contribution in [2.24, 2.45) is 17.8 Å². The molecule has 0 aromatic rings. The fourth-order valence-corrected chi connectivity index (χ4v) is 3.13. The minimum absolute atomic E-state index is 0.0253. The van der Waals surface area contributed by atoms with Gasteiger partial charge in [0.05, 0.1) is 5.71 Å². The number of carbonyl (C=O) groups excluding carboxylic acids is 2. The number of nitrogens with one attached hydrogen (secondary N) is 1. The van der Waals surface area contributed by atoms with Crippen LogP contribution >= 0.6 is 0 Å². The first-order valence-corrected chi connectivity index (χ1v) is 7.31. The molecule has 0 spiro atoms. The van der Waals surface area contributed by atoms with Gasteiger partial charge in [-0.05, 0) is 49.5 Å². The molecule has 3 nitrogen and oxygen atoms in total. The molecule has 3 heteroatoms. The normalized spacial score (nSPS) is 29.6. The van der Waals surface area contributed by atoms with E-state index >= 15 is 0 Å². The van der Waals surface area contributed by atoms with Crippen LogP contribution in [-0.2, 0) is 9.59 Å². The number of carbonyl (C=O) groups is 2. The minimum Gasteiger partial charge on any atom is -0.302 e. The van der Waals surface area contributed by atoms with E-state index in [4.69, 9.17) is 5.41 Å². The van der Waals surface area contributed by atoms with Gasteiger partial charge in [0.15, 0.2) is 11.6 Å². The Morgan fingerprint density at radius 2 is 2.11 bits per heavy atom. The summed E-state index contributed by atoms with van der Waals surface area (Å²) in [7, 11) is 0. The summed E-state index contributed by atoms with van der Waals surface area (Å²) >= 11 is 0. The number of hydrogen-bond acceptors (Lipinski definition) is 3. The fraction of sp³-hybridized carbons (Fsp3) is 0.688. The molecule has 0 heterocycles. The van der Waals surface area contributed by atoms with E-state index in [-0.39, 0.29) is 11.6 Å². The maximum Gasteiger partial charge on any atom is 0.176 e. The molecule has 2 aliphatic rings. The maximum atomic E-state index is 11.5. The van der Waals surface area contributed by atoms with Crippen LogP contribution in [0.1, 0.15) is 52.4 Å². The highest BCUT2D eigenvalue weighted by molar-refractivity contribution is 6.40. The molecule has 0 bridgehead atoms. The van der Waals surface area contributed by atoms with Crippen molar-refractivity contribution in [3.05, 3.63) is 11.6 Å². The van der Waals surface area contributed by atoms with Gasteiger partial charge in [0.2, 0.25) is 0 Å². The van der Waals surface area contributed by atoms with Gasteiger partial charge in [-0.1, -0.05) is 19.4 Å². The van der Waals surface area contributed by atoms with E-state index < -0.39 is 0 Å². The van der Waals surface area contributed by atoms with Crippen molar-refractivity contribution in [3.63, 3.8) is 0 Å². The topological polar surface area (TPSA) is 58.0 Å². The summed E-state index contributed by atoms with van der Waals surface area (Å²) in [5.41, 5.74) is 1.58. The summed E-state index contributed by atoms with van der Waals surface area (Å²) in [4.78, 5) is 22.9. The first-order valence-electron chi connectivity index (χ1n) is 7.31. The molecule has 0 saturated heterocycles. The highest BCUT2D eigenvalue weighted by atomic mass is 16.1. The highest BCUT2D eigenvalue weighted by Gasteiger charge is 2.31. The van der Waals surface area contributed by atoms with Crippen LogP contribution in [0.4, 0.5) is 0 Å². The van der Waals surface area contributed by atoms with E-state index in [0.717, 1.165) is 19.3 Å². The average molecular weight is 261 g/mol. The summed E-state index contributed by atoms with van der Waals surface area (Å²) in [6.45, 7) is 4.37. The second-order valence-electron chi connectivity index (χ2n) is 6.21. The third-order valence-corrected chi connectivity index (χ3v) is 4.75. The van der Waals surface area contributed by atoms with Crippen molar-refractivity contribution in [2.75, 3.05) is 0 Å². The molecule has 1 fully saturated rings. The second kappa shape index (κ2) is 5.81. The Morgan fingerprint density at radius 3 is 2.74 bits per heavy atom. The van der Waals surface area contributed by atoms with E-state index in [1.54, 1.807) is 0 Å². The van der Waals surface area contributed by atoms with E-state index in [0.29, 0.717) is 42.7 Å². The molecule has 0 amide bonds. The van der Waals surface area contributed by atoms with Crippen LogP contribution in [0.3, 0.4) is 0 Å². The molecular weight excluding hydrogens is 238 g/mol. The lowest BCUT2D eigenvalue weighted by molar-refractivity contribution is -0.115. The van der Waals surface area contributed by atoms with Crippen molar-refractivity contribution < 1.29 is 9.59 Å². The quantitative estimate of drug-likeness (QED) is 0.843. The summed E-state index contributed by atoms with van der Waals surface area (Å²) in [6, 6.07) is 0. The molecule has 104 valence electrons. The van der Waals surface area contributed by atoms with Crippen molar-refractivity contribution in [2.45, 2.75) is 52.4 Å². The van der Waals surface area contributed by atoms with Crippen LogP contribution in [-0.4, -0.2) is 17.3 Å². The Hall–Kier alpha value is -1.25. The fourth-order valence-electron chi connectivity index (χ4n) is 3.13. The first kappa shape index (κ1) is 14.2. The predicted octanol–water partition coefficient (Wildman–Crippen LogP) is 3.33. The SMILES string of the molecule is CC1CCC(=O)C=C1CCC(C)C1CC(=N)C(=O)C1. The Bertz CT molecular complexity index is 420. The van der Waals surface area contributed by atoms with Gasteiger partial charge >= 0.3 is 0 Å². The molecule has 0 aromatic carbocycles. The zero-order valence-corrected chi connectivity index (χ0v) is 11.9. The van der Waals surface area contributed by atoms with E-state index in [1.807, 2.05) is 6.08 Å². The smallest absolute Gasteiger partial charge is 0.176 e. The van der Waals surface area contributed by atoms with Gasteiger partial charge in [-0.25, -0.2) is 0 Å². The van der Waals surface area contributed by atoms with Crippen molar-refractivity contribution >= 4 is 17.3 Å². The standard InChI is InChI=1S/C16H23NO2/c1-10-4-6-14(18)7-12(10)5-3-11(2)13-8-15(17)16(19)9-13/h7,10-11,13,17H,3-6,8-9H2,1-2H3. The van der Waals surface area contributed by atoms with Gasteiger partial charge < -0.3 is 5.41 Å². The first-order chi connectivity index (χ1) is 8.97. The van der Waals surface area contributed by atoms with Gasteiger partial charge in [0.25, 0.3) is 0 Å². The molecule has 1 N–H and O–H groups in total. The van der Waals surface area contributed by atoms with Gasteiger partial charge in [-0.2, -0.15) is 0 Å². The zero-order chi connectivity index (χ0) is 14.0. The third kappa shape index (κ3) is 3.40. The van der Waals surface area contributed by atoms with E-state index in [9.17, 15) is 9.59 Å². The lowest BCUT2D eigenvalue weighted by Gasteiger charge is -2.23. The monoisotopic (exact) mass is 261 g/mol. The van der Waals surface area contributed by atoms with Gasteiger partial charge in [0.1, 0.15) is 0 Å². The molecule has 3 unspecified atom stereocenters. The second-order valence-corrected chi connectivity index (χ2v) is 6.21. The maximum absolute atomic E-state index is 11.5. The molecule has 0 aromatic heterocycles. The lowest BCUT2D eigenvalue weighted by atomic mass is 9.82. The molecule has 1 saturated carbocycles. The number of ketones is 2. The van der Waals surface area contributed by atoms with Gasteiger partial charge in [-0.3, -0.25) is 9.59 Å². The summed E-state index contributed by atoms with van der Waals surface area (Å²) in [5, 5.41) is 7.56. The average Bonchev–Trinajstić information content (AvgIpc) is 2.70. The molecule has 2 rings (SSSR count). The molecule has 19 heavy (non-hydrogen) atoms. The molecule has 3 atom stereocenters. The Balaban J connectivity index is 1.87. The van der Waals surface area contributed by atoms with Crippen molar-refractivity contribution in [3.8, 4) is 0 Å². The lowest BCUT2D eigenvalue weighted by Crippen LogP contribution is -2.14. The zero-order valence-electron chi connectivity index (χ0n) is 11.9. The molecular formula is C16H23NO2. The number of rotatable bonds is 4. The molecule has 0 aliphatic heterocycles. The van der Waals surface area contributed by atoms with Crippen molar-refractivity contribution in [1.29, 1.82) is 5.41 Å². The van der Waals surface area contributed by atoms with E-state index in [1.165, 1.54) is 5.57 Å². The number of allylic oxidation sites excluding steroid dienone is 2. The molecule has 2 aliphatic carbocycles. The van der Waals surface area contributed by atoms with Gasteiger partial charge in [0, 0.05) is 12.8 Å². The largest absolute Gasteiger partial charge is 0.302 e. The number of Topliss-reactive ketones (excluding diaryl/α,β-unsaturated/α-hetero) is 1. The van der Waals surface area contributed by atoms with Crippen LogP contribution in [0.15, 0.2) is 11.6 Å². The Morgan fingerprint density at radius 1 is 1.37 bits per heavy atom. The van der Waals surface area contributed by atoms with Crippen LogP contribution < -0.4 is 0 Å². The van der Waals surface area contributed by atoms with Crippen LogP contribution in [0.2, 0.25) is 0 Å². The minimum atomic E-state index is 0.0253. The summed E-state index contributed by atoms with van der Waals surface area (Å²) in [6.07, 6.45) is 6.69. The Kier molecular flexibility index (Phi) is 4.33. The number of hydrogen-bond donors (Lipinski definition) is 1. The van der Waals surface area contributed by atoms with Crippen LogP contribution in [0.25, 0.3) is 0 Å². The van der Waals surface area contributed by atoms with Crippen LogP contribution in [0.5, 0.6) is 0 Å². The van der Waals surface area contributed by atoms with Crippen molar-refractivity contribution in [1.82, 2.24) is 0 Å². The molecule has 0 radical (unpaired) electrons. The highest BCUT2D eigenvalue weighted by Crippen LogP contribution is 2.33. The predicted molar refractivity (Wildman–Crippen MR) is 75.3 cm³/mol. The van der Waals surface area contributed by atoms with Crippen LogP contribution in [0, 0.1) is 23.2 Å². The van der Waals surface area contributed by atoms with E-state index in [2.05, 4.69) is 13.8 Å². The summed E-state index contributed by atoms with van der Waals surface area (Å²) < 4.78 is 0. The Labute approximate surface area is 115 Å². The third-order valence-electron chi connectivity index (χ3n) is 4.75.